The van der Waals surface area contributed by atoms with Gasteiger partial charge in [0, 0.05) is 23.9 Å². The number of likely N-dealkylation sites (tertiary alicyclic amines) is 1. The third kappa shape index (κ3) is 4.56. The van der Waals surface area contributed by atoms with E-state index in [1.807, 2.05) is 12.2 Å². The number of anilines is 1. The Hall–Kier alpha value is -3.36. The van der Waals surface area contributed by atoms with Crippen molar-refractivity contribution in [3.05, 3.63) is 30.4 Å². The lowest BCUT2D eigenvalue weighted by atomic mass is 9.85. The smallest absolute Gasteiger partial charge is 0.326 e. The molecule has 9 nitrogen and oxygen atoms in total. The van der Waals surface area contributed by atoms with Crippen LogP contribution in [0.2, 0.25) is 0 Å². The molecule has 9 heteroatoms. The lowest BCUT2D eigenvalue weighted by molar-refractivity contribution is -0.154. The Bertz CT molecular complexity index is 816. The SMILES string of the molecule is COc1cc(NC(=O)COC(=O)CN2C(=O)C3CC=CCC3C2=O)cc(OC)c1. The maximum absolute atomic E-state index is 12.3. The molecule has 1 aliphatic carbocycles. The molecule has 2 unspecified atom stereocenters. The summed E-state index contributed by atoms with van der Waals surface area (Å²) in [6, 6.07) is 4.81. The van der Waals surface area contributed by atoms with Gasteiger partial charge in [-0.05, 0) is 12.8 Å². The number of hydrogen-bond acceptors (Lipinski definition) is 7. The van der Waals surface area contributed by atoms with Crippen LogP contribution in [0.25, 0.3) is 0 Å². The molecule has 2 atom stereocenters. The number of nitrogens with zero attached hydrogens (tertiary/aromatic N) is 1. The largest absolute Gasteiger partial charge is 0.497 e. The molecule has 1 saturated heterocycles. The summed E-state index contributed by atoms with van der Waals surface area (Å²) in [5.41, 5.74) is 0.406. The molecule has 3 amide bonds. The minimum Gasteiger partial charge on any atom is -0.497 e. The highest BCUT2D eigenvalue weighted by molar-refractivity contribution is 6.07. The Kier molecular flexibility index (Phi) is 6.16. The zero-order chi connectivity index (χ0) is 21.0. The fourth-order valence-electron chi connectivity index (χ4n) is 3.42. The molecule has 1 aromatic carbocycles. The van der Waals surface area contributed by atoms with Gasteiger partial charge >= 0.3 is 5.97 Å². The Morgan fingerprint density at radius 1 is 1.00 bits per heavy atom. The number of fused-ring (bicyclic) bond motifs is 1. The third-order valence-corrected chi connectivity index (χ3v) is 4.89. The minimum atomic E-state index is -0.823. The van der Waals surface area contributed by atoms with Gasteiger partial charge in [0.15, 0.2) is 6.61 Å². The van der Waals surface area contributed by atoms with Crippen LogP contribution in [0.3, 0.4) is 0 Å². The van der Waals surface area contributed by atoms with Crippen LogP contribution in [-0.2, 0) is 23.9 Å². The number of amides is 3. The topological polar surface area (TPSA) is 111 Å². The van der Waals surface area contributed by atoms with Crippen molar-refractivity contribution >= 4 is 29.4 Å². The first-order valence-corrected chi connectivity index (χ1v) is 9.11. The molecular weight excluding hydrogens is 380 g/mol. The maximum Gasteiger partial charge on any atom is 0.326 e. The molecule has 0 saturated carbocycles. The van der Waals surface area contributed by atoms with E-state index in [1.54, 1.807) is 18.2 Å². The lowest BCUT2D eigenvalue weighted by Gasteiger charge is -2.14. The van der Waals surface area contributed by atoms with Crippen LogP contribution in [0.4, 0.5) is 5.69 Å². The Balaban J connectivity index is 1.51. The van der Waals surface area contributed by atoms with Crippen molar-refractivity contribution in [1.82, 2.24) is 4.90 Å². The Morgan fingerprint density at radius 2 is 1.55 bits per heavy atom. The Morgan fingerprint density at radius 3 is 2.07 bits per heavy atom. The first-order valence-electron chi connectivity index (χ1n) is 9.11. The third-order valence-electron chi connectivity index (χ3n) is 4.89. The van der Waals surface area contributed by atoms with E-state index in [9.17, 15) is 19.2 Å². The highest BCUT2D eigenvalue weighted by Gasteiger charge is 2.47. The molecule has 1 aromatic rings. The average Bonchev–Trinajstić information content (AvgIpc) is 2.97. The van der Waals surface area contributed by atoms with Gasteiger partial charge in [-0.1, -0.05) is 12.2 Å². The van der Waals surface area contributed by atoms with Gasteiger partial charge in [-0.2, -0.15) is 0 Å². The summed E-state index contributed by atoms with van der Waals surface area (Å²) in [6.07, 6.45) is 4.72. The van der Waals surface area contributed by atoms with E-state index in [4.69, 9.17) is 14.2 Å². The molecule has 0 radical (unpaired) electrons. The van der Waals surface area contributed by atoms with Crippen LogP contribution in [0.5, 0.6) is 11.5 Å². The van der Waals surface area contributed by atoms with Crippen molar-refractivity contribution in [2.75, 3.05) is 32.7 Å². The summed E-state index contributed by atoms with van der Waals surface area (Å²) in [5.74, 6) is -1.98. The van der Waals surface area contributed by atoms with Crippen LogP contribution in [0.15, 0.2) is 30.4 Å². The van der Waals surface area contributed by atoms with E-state index >= 15 is 0 Å². The number of allylic oxidation sites excluding steroid dienone is 2. The predicted octanol–water partition coefficient (Wildman–Crippen LogP) is 1.14. The van der Waals surface area contributed by atoms with Crippen LogP contribution >= 0.6 is 0 Å². The summed E-state index contributed by atoms with van der Waals surface area (Å²) in [4.78, 5) is 49.7. The van der Waals surface area contributed by atoms with Crippen LogP contribution in [-0.4, -0.2) is 56.0 Å². The molecule has 2 aliphatic rings. The molecule has 1 fully saturated rings. The highest BCUT2D eigenvalue weighted by atomic mass is 16.5. The monoisotopic (exact) mass is 402 g/mol. The number of rotatable bonds is 7. The molecule has 1 aliphatic heterocycles. The molecule has 154 valence electrons. The number of carbonyl (C=O) groups excluding carboxylic acids is 4. The second-order valence-electron chi connectivity index (χ2n) is 6.73. The number of carbonyl (C=O) groups is 4. The van der Waals surface area contributed by atoms with Crippen molar-refractivity contribution in [2.45, 2.75) is 12.8 Å². The number of hydrogen-bond donors (Lipinski definition) is 1. The van der Waals surface area contributed by atoms with E-state index in [2.05, 4.69) is 5.32 Å². The first kappa shape index (κ1) is 20.4. The van der Waals surface area contributed by atoms with E-state index in [-0.39, 0.29) is 11.8 Å². The van der Waals surface area contributed by atoms with Gasteiger partial charge in [-0.3, -0.25) is 24.1 Å². The molecule has 0 aromatic heterocycles. The zero-order valence-corrected chi connectivity index (χ0v) is 16.2. The first-order chi connectivity index (χ1) is 13.9. The van der Waals surface area contributed by atoms with Gasteiger partial charge in [-0.15, -0.1) is 0 Å². The molecule has 0 bridgehead atoms. The lowest BCUT2D eigenvalue weighted by Crippen LogP contribution is -2.37. The summed E-state index contributed by atoms with van der Waals surface area (Å²) in [7, 11) is 2.96. The maximum atomic E-state index is 12.3. The molecule has 1 N–H and O–H groups in total. The molecule has 1 heterocycles. The van der Waals surface area contributed by atoms with E-state index < -0.39 is 36.9 Å². The number of esters is 1. The van der Waals surface area contributed by atoms with Gasteiger partial charge in [0.1, 0.15) is 18.0 Å². The van der Waals surface area contributed by atoms with Gasteiger partial charge in [0.05, 0.1) is 26.1 Å². The summed E-state index contributed by atoms with van der Waals surface area (Å²) in [6.45, 7) is -1.05. The summed E-state index contributed by atoms with van der Waals surface area (Å²) < 4.78 is 15.2. The average molecular weight is 402 g/mol. The van der Waals surface area contributed by atoms with Crippen LogP contribution in [0, 0.1) is 11.8 Å². The van der Waals surface area contributed by atoms with Crippen molar-refractivity contribution in [3.63, 3.8) is 0 Å². The van der Waals surface area contributed by atoms with Crippen molar-refractivity contribution < 1.29 is 33.4 Å². The van der Waals surface area contributed by atoms with Crippen molar-refractivity contribution in [2.24, 2.45) is 11.8 Å². The number of imide groups is 1. The van der Waals surface area contributed by atoms with Crippen LogP contribution < -0.4 is 14.8 Å². The standard InChI is InChI=1S/C20H22N2O7/c1-27-13-7-12(8-14(9-13)28-2)21-17(23)11-29-18(24)10-22-19(25)15-5-3-4-6-16(15)20(22)26/h3-4,7-9,15-16H,5-6,10-11H2,1-2H3,(H,21,23). The number of methoxy groups -OCH3 is 2. The zero-order valence-electron chi connectivity index (χ0n) is 16.2. The number of ether oxygens (including phenoxy) is 3. The minimum absolute atomic E-state index is 0.366. The molecule has 3 rings (SSSR count). The van der Waals surface area contributed by atoms with Gasteiger partial charge in [-0.25, -0.2) is 0 Å². The fraction of sp³-hybridized carbons (Fsp3) is 0.400. The van der Waals surface area contributed by atoms with Gasteiger partial charge in [0.2, 0.25) is 11.8 Å². The van der Waals surface area contributed by atoms with E-state index in [1.165, 1.54) is 14.2 Å². The summed E-state index contributed by atoms with van der Waals surface area (Å²) in [5, 5.41) is 2.57. The summed E-state index contributed by atoms with van der Waals surface area (Å²) >= 11 is 0. The van der Waals surface area contributed by atoms with Crippen LogP contribution in [0.1, 0.15) is 12.8 Å². The molecule has 0 spiro atoms. The Labute approximate surface area is 167 Å². The van der Waals surface area contributed by atoms with Gasteiger partial charge < -0.3 is 19.5 Å². The number of nitrogens with one attached hydrogen (secondary N) is 1. The normalized spacial score (nSPS) is 20.3. The van der Waals surface area contributed by atoms with Crippen molar-refractivity contribution in [1.29, 1.82) is 0 Å². The quantitative estimate of drug-likeness (QED) is 0.413. The predicted molar refractivity (Wildman–Crippen MR) is 101 cm³/mol. The number of benzene rings is 1. The second-order valence-corrected chi connectivity index (χ2v) is 6.73. The van der Waals surface area contributed by atoms with Gasteiger partial charge in [0.25, 0.3) is 5.91 Å². The van der Waals surface area contributed by atoms with E-state index in [0.29, 0.717) is 30.0 Å². The second kappa shape index (κ2) is 8.76. The van der Waals surface area contributed by atoms with Crippen molar-refractivity contribution in [3.8, 4) is 11.5 Å². The fourth-order valence-corrected chi connectivity index (χ4v) is 3.42. The van der Waals surface area contributed by atoms with E-state index in [0.717, 1.165) is 4.90 Å². The highest BCUT2D eigenvalue weighted by Crippen LogP contribution is 2.34. The molecule has 29 heavy (non-hydrogen) atoms. The molecular formula is C20H22N2O7.